The van der Waals surface area contributed by atoms with Crippen molar-refractivity contribution in [1.82, 2.24) is 9.97 Å². The normalized spacial score (nSPS) is 14.3. The molecule has 0 spiro atoms. The van der Waals surface area contributed by atoms with Crippen molar-refractivity contribution >= 4 is 29.2 Å². The molecule has 2 aromatic rings. The van der Waals surface area contributed by atoms with Gasteiger partial charge in [-0.1, -0.05) is 29.4 Å². The smallest absolute Gasteiger partial charge is 0.135 e. The van der Waals surface area contributed by atoms with E-state index < -0.39 is 0 Å². The third-order valence-corrected chi connectivity index (χ3v) is 4.62. The lowest BCUT2D eigenvalue weighted by atomic mass is 10.3. The van der Waals surface area contributed by atoms with Crippen molar-refractivity contribution in [2.75, 3.05) is 12.4 Å². The summed E-state index contributed by atoms with van der Waals surface area (Å²) in [5.74, 6) is 2.43. The van der Waals surface area contributed by atoms with E-state index in [1.165, 1.54) is 12.8 Å². The summed E-state index contributed by atoms with van der Waals surface area (Å²) in [6.07, 6.45) is 2.40. The van der Waals surface area contributed by atoms with Gasteiger partial charge < -0.3 is 5.32 Å². The number of nitrogens with zero attached hydrogens (tertiary/aromatic N) is 2. The molecule has 1 N–H and O–H groups in total. The third-order valence-electron chi connectivity index (χ3n) is 3.31. The van der Waals surface area contributed by atoms with E-state index >= 15 is 0 Å². The zero-order chi connectivity index (χ0) is 14.1. The quantitative estimate of drug-likeness (QED) is 0.843. The molecule has 0 bridgehead atoms. The topological polar surface area (TPSA) is 37.8 Å². The van der Waals surface area contributed by atoms with Crippen LogP contribution in [0.25, 0.3) is 0 Å². The average Bonchev–Trinajstić information content (AvgIpc) is 3.25. The van der Waals surface area contributed by atoms with Crippen LogP contribution < -0.4 is 5.32 Å². The van der Waals surface area contributed by atoms with Crippen LogP contribution >= 0.6 is 23.4 Å². The van der Waals surface area contributed by atoms with Crippen LogP contribution in [0.4, 0.5) is 5.82 Å². The van der Waals surface area contributed by atoms with E-state index in [-0.39, 0.29) is 0 Å². The average molecular weight is 306 g/mol. The largest absolute Gasteiger partial charge is 0.373 e. The van der Waals surface area contributed by atoms with Gasteiger partial charge >= 0.3 is 0 Å². The van der Waals surface area contributed by atoms with Gasteiger partial charge in [0, 0.05) is 28.4 Å². The Morgan fingerprint density at radius 1 is 1.30 bits per heavy atom. The highest BCUT2D eigenvalue weighted by atomic mass is 35.5. The first-order valence-corrected chi connectivity index (χ1v) is 7.86. The third kappa shape index (κ3) is 2.91. The molecule has 1 heterocycles. The molecule has 0 saturated heterocycles. The highest BCUT2D eigenvalue weighted by Gasteiger charge is 2.28. The number of halogens is 1. The van der Waals surface area contributed by atoms with E-state index in [1.807, 2.05) is 31.3 Å². The van der Waals surface area contributed by atoms with Gasteiger partial charge in [0.25, 0.3) is 0 Å². The SMILES string of the molecule is CNc1nc(C2CC2)nc(Sc2cccc(Cl)c2)c1C. The second-order valence-electron chi connectivity index (χ2n) is 4.94. The zero-order valence-electron chi connectivity index (χ0n) is 11.5. The predicted octanol–water partition coefficient (Wildman–Crippen LogP) is 4.51. The molecule has 1 saturated carbocycles. The summed E-state index contributed by atoms with van der Waals surface area (Å²) >= 11 is 7.68. The second kappa shape index (κ2) is 5.62. The van der Waals surface area contributed by atoms with Gasteiger partial charge in [0.2, 0.25) is 0 Å². The lowest BCUT2D eigenvalue weighted by Gasteiger charge is -2.11. The summed E-state index contributed by atoms with van der Waals surface area (Å²) in [5, 5.41) is 4.92. The number of aromatic nitrogens is 2. The van der Waals surface area contributed by atoms with Crippen LogP contribution in [0, 0.1) is 6.92 Å². The molecule has 20 heavy (non-hydrogen) atoms. The van der Waals surface area contributed by atoms with Crippen LogP contribution in [0.1, 0.15) is 30.1 Å². The Labute approximate surface area is 128 Å². The fraction of sp³-hybridized carbons (Fsp3) is 0.333. The fourth-order valence-electron chi connectivity index (χ4n) is 2.02. The van der Waals surface area contributed by atoms with Crippen molar-refractivity contribution in [1.29, 1.82) is 0 Å². The van der Waals surface area contributed by atoms with Gasteiger partial charge in [0.1, 0.15) is 16.7 Å². The minimum atomic E-state index is 0.543. The lowest BCUT2D eigenvalue weighted by molar-refractivity contribution is 0.865. The summed E-state index contributed by atoms with van der Waals surface area (Å²) in [4.78, 5) is 10.4. The fourth-order valence-corrected chi connectivity index (χ4v) is 3.22. The Morgan fingerprint density at radius 3 is 2.75 bits per heavy atom. The number of hydrogen-bond acceptors (Lipinski definition) is 4. The number of anilines is 1. The van der Waals surface area contributed by atoms with E-state index in [0.717, 1.165) is 32.1 Å². The molecule has 0 atom stereocenters. The van der Waals surface area contributed by atoms with E-state index in [1.54, 1.807) is 11.8 Å². The molecule has 1 aliphatic rings. The van der Waals surface area contributed by atoms with Gasteiger partial charge in [-0.05, 0) is 38.0 Å². The van der Waals surface area contributed by atoms with Crippen molar-refractivity contribution in [2.24, 2.45) is 0 Å². The molecule has 0 radical (unpaired) electrons. The second-order valence-corrected chi connectivity index (χ2v) is 6.44. The van der Waals surface area contributed by atoms with Crippen LogP contribution in [0.2, 0.25) is 5.02 Å². The first-order chi connectivity index (χ1) is 9.67. The summed E-state index contributed by atoms with van der Waals surface area (Å²) < 4.78 is 0. The molecule has 5 heteroatoms. The zero-order valence-corrected chi connectivity index (χ0v) is 13.1. The number of nitrogens with one attached hydrogen (secondary N) is 1. The monoisotopic (exact) mass is 305 g/mol. The van der Waals surface area contributed by atoms with Crippen molar-refractivity contribution in [3.8, 4) is 0 Å². The summed E-state index contributed by atoms with van der Waals surface area (Å²) in [6.45, 7) is 2.05. The van der Waals surface area contributed by atoms with E-state index in [0.29, 0.717) is 5.92 Å². The Bertz CT molecular complexity index is 641. The highest BCUT2D eigenvalue weighted by molar-refractivity contribution is 7.99. The van der Waals surface area contributed by atoms with Gasteiger partial charge in [-0.25, -0.2) is 9.97 Å². The maximum Gasteiger partial charge on any atom is 0.135 e. The minimum absolute atomic E-state index is 0.543. The Kier molecular flexibility index (Phi) is 3.85. The number of benzene rings is 1. The lowest BCUT2D eigenvalue weighted by Crippen LogP contribution is -2.04. The van der Waals surface area contributed by atoms with Crippen LogP contribution in [0.15, 0.2) is 34.2 Å². The molecule has 0 aliphatic heterocycles. The van der Waals surface area contributed by atoms with Crippen LogP contribution in [-0.2, 0) is 0 Å². The minimum Gasteiger partial charge on any atom is -0.373 e. The predicted molar refractivity (Wildman–Crippen MR) is 83.9 cm³/mol. The molecule has 3 nitrogen and oxygen atoms in total. The van der Waals surface area contributed by atoms with Gasteiger partial charge in [-0.2, -0.15) is 0 Å². The first kappa shape index (κ1) is 13.7. The molecule has 0 amide bonds. The molecule has 0 unspecified atom stereocenters. The van der Waals surface area contributed by atoms with Crippen LogP contribution in [0.5, 0.6) is 0 Å². The maximum absolute atomic E-state index is 6.04. The number of rotatable bonds is 4. The molecular weight excluding hydrogens is 290 g/mol. The summed E-state index contributed by atoms with van der Waals surface area (Å²) in [5.41, 5.74) is 1.09. The Balaban J connectivity index is 1.97. The molecule has 1 fully saturated rings. The van der Waals surface area contributed by atoms with Crippen molar-refractivity contribution in [3.05, 3.63) is 40.7 Å². The van der Waals surface area contributed by atoms with Crippen LogP contribution in [0.3, 0.4) is 0 Å². The molecule has 104 valence electrons. The molecular formula is C15H16ClN3S. The number of hydrogen-bond donors (Lipinski definition) is 1. The Hall–Kier alpha value is -1.26. The summed E-state index contributed by atoms with van der Waals surface area (Å²) in [6, 6.07) is 7.85. The first-order valence-electron chi connectivity index (χ1n) is 6.67. The van der Waals surface area contributed by atoms with Crippen molar-refractivity contribution in [3.63, 3.8) is 0 Å². The molecule has 3 rings (SSSR count). The van der Waals surface area contributed by atoms with Crippen molar-refractivity contribution < 1.29 is 0 Å². The van der Waals surface area contributed by atoms with E-state index in [9.17, 15) is 0 Å². The van der Waals surface area contributed by atoms with Gasteiger partial charge in [-0.15, -0.1) is 0 Å². The maximum atomic E-state index is 6.04. The highest BCUT2D eigenvalue weighted by Crippen LogP contribution is 2.41. The Morgan fingerprint density at radius 2 is 2.10 bits per heavy atom. The summed E-state index contributed by atoms with van der Waals surface area (Å²) in [7, 11) is 1.90. The molecule has 1 aromatic carbocycles. The van der Waals surface area contributed by atoms with Crippen molar-refractivity contribution in [2.45, 2.75) is 35.6 Å². The van der Waals surface area contributed by atoms with Gasteiger partial charge in [0.15, 0.2) is 0 Å². The van der Waals surface area contributed by atoms with Gasteiger partial charge in [-0.3, -0.25) is 0 Å². The van der Waals surface area contributed by atoms with Gasteiger partial charge in [0.05, 0.1) is 0 Å². The molecule has 1 aliphatic carbocycles. The standard InChI is InChI=1S/C15H16ClN3S/c1-9-13(17-2)18-14(10-6-7-10)19-15(9)20-12-5-3-4-11(16)8-12/h3-5,8,10H,6-7H2,1-2H3,(H,17,18,19). The van der Waals surface area contributed by atoms with E-state index in [4.69, 9.17) is 16.6 Å². The van der Waals surface area contributed by atoms with Crippen LogP contribution in [-0.4, -0.2) is 17.0 Å². The van der Waals surface area contributed by atoms with E-state index in [2.05, 4.69) is 17.2 Å². The molecule has 1 aromatic heterocycles.